The topological polar surface area (TPSA) is 237 Å². The molecule has 98 heavy (non-hydrogen) atoms. The van der Waals surface area contributed by atoms with Gasteiger partial charge in [0.25, 0.3) is 0 Å². The SMILES string of the molecule is CCC(C)CCCCCCCCCCCCCCCCCCCCC(=O)O[C@H](COC(=O)CCCCCCCCCC(C)C)COP(=O)(O)OCC(O)COP(=O)(O)OC[C@@H](COC(=O)CCCCCCCCC(C)C)OC(=O)CCCCCCCCCCCCCCCCC(C)C. The van der Waals surface area contributed by atoms with Crippen LogP contribution in [0.3, 0.4) is 0 Å². The predicted molar refractivity (Wildman–Crippen MR) is 400 cm³/mol. The Kier molecular flexibility index (Phi) is 66.8. The van der Waals surface area contributed by atoms with Gasteiger partial charge in [0.15, 0.2) is 12.2 Å². The fraction of sp³-hybridized carbons (Fsp3) is 0.949. The lowest BCUT2D eigenvalue weighted by molar-refractivity contribution is -0.161. The van der Waals surface area contributed by atoms with Crippen LogP contribution < -0.4 is 0 Å². The summed E-state index contributed by atoms with van der Waals surface area (Å²) in [6.07, 6.45) is 54.5. The maximum Gasteiger partial charge on any atom is 0.472 e. The van der Waals surface area contributed by atoms with Crippen molar-refractivity contribution >= 4 is 39.5 Å². The number of unbranched alkanes of at least 4 members (excludes halogenated alkanes) is 41. The van der Waals surface area contributed by atoms with E-state index in [-0.39, 0.29) is 25.7 Å². The third-order valence-corrected chi connectivity index (χ3v) is 20.6. The second-order valence-corrected chi connectivity index (χ2v) is 33.0. The smallest absolute Gasteiger partial charge is 0.462 e. The van der Waals surface area contributed by atoms with Crippen LogP contribution in [0.25, 0.3) is 0 Å². The Balaban J connectivity index is 5.15. The highest BCUT2D eigenvalue weighted by atomic mass is 31.2. The van der Waals surface area contributed by atoms with Gasteiger partial charge in [0.1, 0.15) is 19.3 Å². The molecule has 0 aromatic rings. The number of carbonyl (C=O) groups excluding carboxylic acids is 4. The number of esters is 4. The van der Waals surface area contributed by atoms with E-state index >= 15 is 0 Å². The number of phosphoric ester groups is 2. The fourth-order valence-electron chi connectivity index (χ4n) is 12.0. The van der Waals surface area contributed by atoms with Crippen LogP contribution >= 0.6 is 15.6 Å². The minimum absolute atomic E-state index is 0.106. The van der Waals surface area contributed by atoms with Crippen molar-refractivity contribution in [2.45, 2.75) is 420 Å². The maximum atomic E-state index is 13.1. The molecule has 19 heteroatoms. The summed E-state index contributed by atoms with van der Waals surface area (Å²) in [4.78, 5) is 72.8. The summed E-state index contributed by atoms with van der Waals surface area (Å²) in [6.45, 7) is 14.2. The maximum absolute atomic E-state index is 13.1. The quantitative estimate of drug-likeness (QED) is 0.0222. The molecule has 0 amide bonds. The van der Waals surface area contributed by atoms with Crippen molar-refractivity contribution in [2.24, 2.45) is 23.7 Å². The lowest BCUT2D eigenvalue weighted by Gasteiger charge is -2.21. The van der Waals surface area contributed by atoms with Gasteiger partial charge in [0.2, 0.25) is 0 Å². The minimum atomic E-state index is -4.96. The zero-order chi connectivity index (χ0) is 72.4. The van der Waals surface area contributed by atoms with Crippen molar-refractivity contribution < 1.29 is 80.2 Å². The summed E-state index contributed by atoms with van der Waals surface area (Å²) < 4.78 is 68.5. The molecule has 0 aromatic carbocycles. The van der Waals surface area contributed by atoms with E-state index in [0.29, 0.717) is 37.5 Å². The normalized spacial score (nSPS) is 14.3. The molecule has 6 atom stereocenters. The molecule has 0 bridgehead atoms. The fourth-order valence-corrected chi connectivity index (χ4v) is 13.6. The molecule has 3 N–H and O–H groups in total. The monoisotopic (exact) mass is 1440 g/mol. The number of phosphoric acid groups is 2. The first kappa shape index (κ1) is 96.1. The first-order chi connectivity index (χ1) is 47.1. The van der Waals surface area contributed by atoms with Gasteiger partial charge < -0.3 is 33.8 Å². The van der Waals surface area contributed by atoms with E-state index < -0.39 is 97.5 Å². The van der Waals surface area contributed by atoms with Gasteiger partial charge in [-0.1, -0.05) is 351 Å². The van der Waals surface area contributed by atoms with Crippen molar-refractivity contribution in [3.05, 3.63) is 0 Å². The Labute approximate surface area is 600 Å². The average molecular weight is 1440 g/mol. The first-order valence-electron chi connectivity index (χ1n) is 40.7. The number of aliphatic hydroxyl groups excluding tert-OH is 1. The van der Waals surface area contributed by atoms with Crippen LogP contribution in [0.5, 0.6) is 0 Å². The summed E-state index contributed by atoms with van der Waals surface area (Å²) in [5.41, 5.74) is 0. The highest BCUT2D eigenvalue weighted by molar-refractivity contribution is 7.47. The van der Waals surface area contributed by atoms with Gasteiger partial charge >= 0.3 is 39.5 Å². The van der Waals surface area contributed by atoms with Crippen LogP contribution in [0.15, 0.2) is 0 Å². The van der Waals surface area contributed by atoms with Gasteiger partial charge in [0, 0.05) is 25.7 Å². The molecule has 0 fully saturated rings. The molecule has 0 saturated heterocycles. The van der Waals surface area contributed by atoms with Crippen molar-refractivity contribution in [3.63, 3.8) is 0 Å². The molecule has 0 spiro atoms. The third-order valence-electron chi connectivity index (χ3n) is 18.7. The number of hydrogen-bond donors (Lipinski definition) is 3. The zero-order valence-corrected chi connectivity index (χ0v) is 66.2. The molecule has 0 heterocycles. The Hall–Kier alpha value is -1.94. The van der Waals surface area contributed by atoms with E-state index in [4.69, 9.17) is 37.0 Å². The van der Waals surface area contributed by atoms with E-state index in [1.165, 1.54) is 193 Å². The molecule has 0 radical (unpaired) electrons. The van der Waals surface area contributed by atoms with Crippen LogP contribution in [0.1, 0.15) is 402 Å². The van der Waals surface area contributed by atoms with Gasteiger partial charge in [0.05, 0.1) is 26.4 Å². The van der Waals surface area contributed by atoms with Gasteiger partial charge in [-0.25, -0.2) is 9.13 Å². The molecule has 582 valence electrons. The summed E-state index contributed by atoms with van der Waals surface area (Å²) in [5.74, 6) is 0.929. The number of carbonyl (C=O) groups is 4. The Morgan fingerprint density at radius 2 is 0.490 bits per heavy atom. The molecule has 0 aliphatic heterocycles. The molecule has 0 aliphatic carbocycles. The molecule has 0 aliphatic rings. The molecule has 0 aromatic heterocycles. The van der Waals surface area contributed by atoms with E-state index in [1.54, 1.807) is 0 Å². The number of ether oxygens (including phenoxy) is 4. The van der Waals surface area contributed by atoms with Crippen molar-refractivity contribution in [1.82, 2.24) is 0 Å². The first-order valence-corrected chi connectivity index (χ1v) is 43.7. The number of rotatable bonds is 76. The lowest BCUT2D eigenvalue weighted by atomic mass is 9.99. The second-order valence-electron chi connectivity index (χ2n) is 30.1. The van der Waals surface area contributed by atoms with Crippen molar-refractivity contribution in [1.29, 1.82) is 0 Å². The van der Waals surface area contributed by atoms with Gasteiger partial charge in [-0.3, -0.25) is 37.3 Å². The Morgan fingerprint density at radius 3 is 0.724 bits per heavy atom. The predicted octanol–water partition coefficient (Wildman–Crippen LogP) is 23.2. The molecule has 17 nitrogen and oxygen atoms in total. The minimum Gasteiger partial charge on any atom is -0.462 e. The summed E-state index contributed by atoms with van der Waals surface area (Å²) in [6, 6.07) is 0. The largest absolute Gasteiger partial charge is 0.472 e. The standard InChI is InChI=1S/C79H154O17P2/c1-9-72(8)58-50-42-33-27-23-19-14-12-10-11-13-15-20-24-28-34-45-53-61-78(83)95-74(65-89-76(81)59-51-43-36-30-32-40-48-56-70(4)5)67-93-97(85,86)91-63-73(80)64-92-98(87,88)94-68-75(66-90-77(82)60-52-44-38-37-41-49-57-71(6)7)96-79(84)62-54-46-35-29-25-21-17-16-18-22-26-31-39-47-55-69(2)3/h69-75,80H,9-68H2,1-8H3,(H,85,86)(H,87,88)/t72?,73?,74-,75-/m1/s1. The molecule has 0 saturated carbocycles. The summed E-state index contributed by atoms with van der Waals surface area (Å²) >= 11 is 0. The van der Waals surface area contributed by atoms with Crippen LogP contribution in [-0.4, -0.2) is 96.7 Å². The van der Waals surface area contributed by atoms with E-state index in [0.717, 1.165) is 115 Å². The molecular formula is C79H154O17P2. The molecule has 0 rings (SSSR count). The van der Waals surface area contributed by atoms with Crippen LogP contribution in [0, 0.1) is 23.7 Å². The van der Waals surface area contributed by atoms with Gasteiger partial charge in [-0.2, -0.15) is 0 Å². The van der Waals surface area contributed by atoms with E-state index in [9.17, 15) is 43.2 Å². The van der Waals surface area contributed by atoms with E-state index in [2.05, 4.69) is 55.4 Å². The third kappa shape index (κ3) is 71.1. The highest BCUT2D eigenvalue weighted by Crippen LogP contribution is 2.45. The Morgan fingerprint density at radius 1 is 0.286 bits per heavy atom. The average Bonchev–Trinajstić information content (AvgIpc) is 0.925. The van der Waals surface area contributed by atoms with Crippen molar-refractivity contribution in [3.8, 4) is 0 Å². The molecule has 4 unspecified atom stereocenters. The van der Waals surface area contributed by atoms with Crippen LogP contribution in [-0.2, 0) is 65.4 Å². The highest BCUT2D eigenvalue weighted by Gasteiger charge is 2.30. The zero-order valence-electron chi connectivity index (χ0n) is 64.4. The van der Waals surface area contributed by atoms with Crippen LogP contribution in [0.2, 0.25) is 0 Å². The number of aliphatic hydroxyl groups is 1. The van der Waals surface area contributed by atoms with Gasteiger partial charge in [-0.15, -0.1) is 0 Å². The second kappa shape index (κ2) is 68.2. The van der Waals surface area contributed by atoms with Gasteiger partial charge in [-0.05, 0) is 49.4 Å². The number of hydrogen-bond acceptors (Lipinski definition) is 15. The van der Waals surface area contributed by atoms with Crippen LogP contribution in [0.4, 0.5) is 0 Å². The summed E-state index contributed by atoms with van der Waals surface area (Å²) in [5, 5.41) is 10.6. The Bertz CT molecular complexity index is 1920. The van der Waals surface area contributed by atoms with E-state index in [1.807, 2.05) is 0 Å². The molecular weight excluding hydrogens is 1280 g/mol. The lowest BCUT2D eigenvalue weighted by Crippen LogP contribution is -2.30. The van der Waals surface area contributed by atoms with Crippen molar-refractivity contribution in [2.75, 3.05) is 39.6 Å². The summed E-state index contributed by atoms with van der Waals surface area (Å²) in [7, 11) is -9.91.